The Kier molecular flexibility index (Phi) is 3.52. The summed E-state index contributed by atoms with van der Waals surface area (Å²) in [7, 11) is 1.99. The van der Waals surface area contributed by atoms with Gasteiger partial charge in [-0.15, -0.1) is 0 Å². The number of benzene rings is 1. The minimum atomic E-state index is -0.110. The van der Waals surface area contributed by atoms with Gasteiger partial charge in [0.1, 0.15) is 17.6 Å². The van der Waals surface area contributed by atoms with E-state index in [0.29, 0.717) is 0 Å². The van der Waals surface area contributed by atoms with Gasteiger partial charge in [0, 0.05) is 25.1 Å². The fourth-order valence-electron chi connectivity index (χ4n) is 2.50. The van der Waals surface area contributed by atoms with Crippen LogP contribution < -0.4 is 5.32 Å². The van der Waals surface area contributed by atoms with Crippen LogP contribution in [0.4, 0.5) is 5.69 Å². The second-order valence-corrected chi connectivity index (χ2v) is 5.31. The smallest absolute Gasteiger partial charge is 0.143 e. The number of hydrogen-bond donors (Lipinski definition) is 1. The molecule has 4 heteroatoms. The second-order valence-electron chi connectivity index (χ2n) is 5.31. The predicted molar refractivity (Wildman–Crippen MR) is 83.3 cm³/mol. The van der Waals surface area contributed by atoms with Gasteiger partial charge < -0.3 is 14.3 Å². The normalized spacial score (nSPS) is 12.3. The predicted octanol–water partition coefficient (Wildman–Crippen LogP) is 3.83. The number of hydrogen-bond acceptors (Lipinski definition) is 3. The minimum absolute atomic E-state index is 0.110. The van der Waals surface area contributed by atoms with Gasteiger partial charge in [-0.05, 0) is 37.6 Å². The van der Waals surface area contributed by atoms with E-state index >= 15 is 0 Å². The van der Waals surface area contributed by atoms with E-state index in [0.717, 1.165) is 17.3 Å². The quantitative estimate of drug-likeness (QED) is 0.790. The van der Waals surface area contributed by atoms with E-state index in [4.69, 9.17) is 4.42 Å². The first-order chi connectivity index (χ1) is 10.1. The van der Waals surface area contributed by atoms with Crippen LogP contribution in [0.15, 0.2) is 53.4 Å². The van der Waals surface area contributed by atoms with Crippen molar-refractivity contribution in [2.45, 2.75) is 19.9 Å². The van der Waals surface area contributed by atoms with Gasteiger partial charge >= 0.3 is 0 Å². The Morgan fingerprint density at radius 2 is 2.10 bits per heavy atom. The zero-order valence-corrected chi connectivity index (χ0v) is 12.5. The lowest BCUT2D eigenvalue weighted by Gasteiger charge is -2.19. The Balaban J connectivity index is 1.99. The summed E-state index contributed by atoms with van der Waals surface area (Å²) in [5.74, 6) is 1.77. The Morgan fingerprint density at radius 3 is 2.71 bits per heavy atom. The van der Waals surface area contributed by atoms with Crippen molar-refractivity contribution in [2.24, 2.45) is 7.05 Å². The molecule has 1 atom stereocenters. The average Bonchev–Trinajstić information content (AvgIpc) is 3.10. The van der Waals surface area contributed by atoms with Crippen molar-refractivity contribution in [3.8, 4) is 0 Å². The summed E-state index contributed by atoms with van der Waals surface area (Å²) in [6.45, 7) is 4.20. The van der Waals surface area contributed by atoms with Crippen molar-refractivity contribution in [3.63, 3.8) is 0 Å². The van der Waals surface area contributed by atoms with Gasteiger partial charge in [0.25, 0.3) is 0 Å². The highest BCUT2D eigenvalue weighted by molar-refractivity contribution is 5.54. The summed E-state index contributed by atoms with van der Waals surface area (Å²) in [6.07, 6.45) is 5.43. The summed E-state index contributed by atoms with van der Waals surface area (Å²) < 4.78 is 7.60. The first-order valence-corrected chi connectivity index (χ1v) is 6.99. The maximum Gasteiger partial charge on any atom is 0.143 e. The molecule has 3 aromatic rings. The Morgan fingerprint density at radius 1 is 1.24 bits per heavy atom. The molecule has 0 aliphatic heterocycles. The summed E-state index contributed by atoms with van der Waals surface area (Å²) >= 11 is 0. The van der Waals surface area contributed by atoms with Gasteiger partial charge in [0.05, 0.1) is 6.26 Å². The van der Waals surface area contributed by atoms with Gasteiger partial charge in [0.15, 0.2) is 0 Å². The van der Waals surface area contributed by atoms with Crippen molar-refractivity contribution in [1.29, 1.82) is 0 Å². The van der Waals surface area contributed by atoms with E-state index in [1.54, 1.807) is 12.5 Å². The minimum Gasteiger partial charge on any atom is -0.467 e. The maximum atomic E-state index is 5.59. The van der Waals surface area contributed by atoms with E-state index in [-0.39, 0.29) is 6.04 Å². The number of furan rings is 1. The average molecular weight is 281 g/mol. The van der Waals surface area contributed by atoms with Crippen LogP contribution in [0.25, 0.3) is 0 Å². The largest absolute Gasteiger partial charge is 0.467 e. The number of imidazole rings is 1. The Hall–Kier alpha value is -2.49. The highest BCUT2D eigenvalue weighted by atomic mass is 16.3. The summed E-state index contributed by atoms with van der Waals surface area (Å²) in [5.41, 5.74) is 3.55. The topological polar surface area (TPSA) is 43.0 Å². The molecule has 1 unspecified atom stereocenters. The van der Waals surface area contributed by atoms with Crippen molar-refractivity contribution in [1.82, 2.24) is 9.55 Å². The molecule has 2 heterocycles. The maximum absolute atomic E-state index is 5.59. The molecule has 4 nitrogen and oxygen atoms in total. The third-order valence-corrected chi connectivity index (χ3v) is 3.63. The Labute approximate surface area is 124 Å². The molecular weight excluding hydrogens is 262 g/mol. The number of anilines is 1. The van der Waals surface area contributed by atoms with Crippen molar-refractivity contribution < 1.29 is 4.42 Å². The van der Waals surface area contributed by atoms with Crippen LogP contribution >= 0.6 is 0 Å². The lowest BCUT2D eigenvalue weighted by Crippen LogP contribution is -2.16. The lowest BCUT2D eigenvalue weighted by atomic mass is 10.1. The van der Waals surface area contributed by atoms with E-state index in [1.807, 2.05) is 29.9 Å². The van der Waals surface area contributed by atoms with E-state index in [9.17, 15) is 0 Å². The fraction of sp³-hybridized carbons (Fsp3) is 0.235. The third kappa shape index (κ3) is 2.70. The molecule has 0 aliphatic carbocycles. The first-order valence-electron chi connectivity index (χ1n) is 6.99. The van der Waals surface area contributed by atoms with Crippen LogP contribution in [0, 0.1) is 13.8 Å². The van der Waals surface area contributed by atoms with E-state index in [2.05, 4.69) is 42.3 Å². The third-order valence-electron chi connectivity index (χ3n) is 3.63. The zero-order valence-electron chi connectivity index (χ0n) is 12.5. The number of nitrogens with zero attached hydrogens (tertiary/aromatic N) is 2. The Bertz CT molecular complexity index is 728. The molecule has 108 valence electrons. The van der Waals surface area contributed by atoms with Crippen molar-refractivity contribution in [3.05, 3.63) is 71.7 Å². The fourth-order valence-corrected chi connectivity index (χ4v) is 2.50. The lowest BCUT2D eigenvalue weighted by molar-refractivity contribution is 0.488. The standard InChI is InChI=1S/C17H19N3O/c1-12-6-7-14(13(2)11-12)19-16(15-5-4-10-21-15)17-18-8-9-20(17)3/h4-11,16,19H,1-3H3. The molecule has 21 heavy (non-hydrogen) atoms. The molecule has 1 aromatic carbocycles. The summed E-state index contributed by atoms with van der Waals surface area (Å²) in [6, 6.07) is 10.1. The highest BCUT2D eigenvalue weighted by Crippen LogP contribution is 2.27. The number of aryl methyl sites for hydroxylation is 3. The number of rotatable bonds is 4. The molecule has 0 fully saturated rings. The highest BCUT2D eigenvalue weighted by Gasteiger charge is 2.21. The molecule has 1 N–H and O–H groups in total. The van der Waals surface area contributed by atoms with Crippen molar-refractivity contribution >= 4 is 5.69 Å². The van der Waals surface area contributed by atoms with Crippen LogP contribution in [-0.2, 0) is 7.05 Å². The molecule has 0 saturated carbocycles. The first kappa shape index (κ1) is 13.5. The van der Waals surface area contributed by atoms with Crippen LogP contribution in [0.2, 0.25) is 0 Å². The molecule has 0 radical (unpaired) electrons. The van der Waals surface area contributed by atoms with Gasteiger partial charge in [-0.3, -0.25) is 0 Å². The van der Waals surface area contributed by atoms with Gasteiger partial charge in [0.2, 0.25) is 0 Å². The molecule has 0 amide bonds. The van der Waals surface area contributed by atoms with Crippen LogP contribution in [0.1, 0.15) is 28.8 Å². The van der Waals surface area contributed by atoms with Crippen LogP contribution in [0.5, 0.6) is 0 Å². The van der Waals surface area contributed by atoms with Gasteiger partial charge in [-0.1, -0.05) is 17.7 Å². The molecular formula is C17H19N3O. The molecule has 3 rings (SSSR count). The zero-order chi connectivity index (χ0) is 14.8. The van der Waals surface area contributed by atoms with Gasteiger partial charge in [-0.2, -0.15) is 0 Å². The number of nitrogens with one attached hydrogen (secondary N) is 1. The van der Waals surface area contributed by atoms with E-state index in [1.165, 1.54) is 11.1 Å². The number of aromatic nitrogens is 2. The summed E-state index contributed by atoms with van der Waals surface area (Å²) in [5, 5.41) is 3.54. The van der Waals surface area contributed by atoms with Crippen LogP contribution in [0.3, 0.4) is 0 Å². The SMILES string of the molecule is Cc1ccc(NC(c2ccco2)c2nccn2C)c(C)c1. The second kappa shape index (κ2) is 5.48. The molecule has 0 spiro atoms. The molecule has 0 bridgehead atoms. The van der Waals surface area contributed by atoms with Crippen molar-refractivity contribution in [2.75, 3.05) is 5.32 Å². The molecule has 0 aliphatic rings. The van der Waals surface area contributed by atoms with E-state index < -0.39 is 0 Å². The van der Waals surface area contributed by atoms with Crippen LogP contribution in [-0.4, -0.2) is 9.55 Å². The molecule has 0 saturated heterocycles. The monoisotopic (exact) mass is 281 g/mol. The molecule has 2 aromatic heterocycles. The summed E-state index contributed by atoms with van der Waals surface area (Å²) in [4.78, 5) is 4.46. The van der Waals surface area contributed by atoms with Gasteiger partial charge in [-0.25, -0.2) is 4.98 Å².